The van der Waals surface area contributed by atoms with Crippen LogP contribution in [0.5, 0.6) is 0 Å². The largest absolute Gasteiger partial charge is 0.467 e. The van der Waals surface area contributed by atoms with E-state index < -0.39 is 0 Å². The molecule has 0 unspecified atom stereocenters. The van der Waals surface area contributed by atoms with E-state index in [1.807, 2.05) is 17.5 Å². The summed E-state index contributed by atoms with van der Waals surface area (Å²) >= 11 is 7.58. The van der Waals surface area contributed by atoms with Crippen molar-refractivity contribution in [2.75, 3.05) is 0 Å². The van der Waals surface area contributed by atoms with Crippen molar-refractivity contribution in [1.29, 1.82) is 0 Å². The lowest BCUT2D eigenvalue weighted by molar-refractivity contribution is 0.513. The van der Waals surface area contributed by atoms with E-state index in [1.54, 1.807) is 17.6 Å². The molecule has 0 radical (unpaired) electrons. The SMILES string of the molecule is NCc1occc1-c1sccc1Cl. The molecule has 0 fully saturated rings. The molecule has 0 bridgehead atoms. The van der Waals surface area contributed by atoms with E-state index in [0.29, 0.717) is 6.54 Å². The van der Waals surface area contributed by atoms with Crippen LogP contribution in [0, 0.1) is 0 Å². The molecule has 0 aliphatic rings. The number of furan rings is 1. The minimum atomic E-state index is 0.399. The second-order valence-electron chi connectivity index (χ2n) is 2.56. The number of hydrogen-bond donors (Lipinski definition) is 1. The summed E-state index contributed by atoms with van der Waals surface area (Å²) in [6.07, 6.45) is 1.63. The maximum absolute atomic E-state index is 5.99. The van der Waals surface area contributed by atoms with Gasteiger partial charge in [0.05, 0.1) is 22.7 Å². The minimum absolute atomic E-state index is 0.399. The van der Waals surface area contributed by atoms with Crippen molar-refractivity contribution in [3.8, 4) is 10.4 Å². The number of thiophene rings is 1. The van der Waals surface area contributed by atoms with Crippen LogP contribution in [0.4, 0.5) is 0 Å². The predicted molar refractivity (Wildman–Crippen MR) is 54.9 cm³/mol. The quantitative estimate of drug-likeness (QED) is 0.833. The third-order valence-electron chi connectivity index (χ3n) is 1.79. The molecule has 0 spiro atoms. The molecule has 0 amide bonds. The lowest BCUT2D eigenvalue weighted by Gasteiger charge is -1.96. The van der Waals surface area contributed by atoms with Crippen LogP contribution < -0.4 is 5.73 Å². The van der Waals surface area contributed by atoms with Crippen LogP contribution in [0.15, 0.2) is 28.2 Å². The second kappa shape index (κ2) is 3.54. The fraction of sp³-hybridized carbons (Fsp3) is 0.111. The first-order valence-corrected chi connectivity index (χ1v) is 5.08. The molecule has 13 heavy (non-hydrogen) atoms. The van der Waals surface area contributed by atoms with E-state index in [2.05, 4.69) is 0 Å². The number of nitrogens with two attached hydrogens (primary N) is 1. The maximum Gasteiger partial charge on any atom is 0.125 e. The summed E-state index contributed by atoms with van der Waals surface area (Å²) in [4.78, 5) is 1.02. The monoisotopic (exact) mass is 213 g/mol. The van der Waals surface area contributed by atoms with Gasteiger partial charge in [-0.15, -0.1) is 11.3 Å². The highest BCUT2D eigenvalue weighted by molar-refractivity contribution is 7.14. The predicted octanol–water partition coefficient (Wildman–Crippen LogP) is 3.12. The number of hydrogen-bond acceptors (Lipinski definition) is 3. The minimum Gasteiger partial charge on any atom is -0.467 e. The van der Waals surface area contributed by atoms with Crippen LogP contribution >= 0.6 is 22.9 Å². The van der Waals surface area contributed by atoms with Gasteiger partial charge in [-0.1, -0.05) is 11.6 Å². The molecular weight excluding hydrogens is 206 g/mol. The van der Waals surface area contributed by atoms with Gasteiger partial charge in [0.15, 0.2) is 0 Å². The van der Waals surface area contributed by atoms with Gasteiger partial charge in [0.2, 0.25) is 0 Å². The van der Waals surface area contributed by atoms with Crippen LogP contribution in [0.25, 0.3) is 10.4 Å². The molecule has 2 N–H and O–H groups in total. The molecule has 2 nitrogen and oxygen atoms in total. The summed E-state index contributed by atoms with van der Waals surface area (Å²) in [5.74, 6) is 0.782. The van der Waals surface area contributed by atoms with Gasteiger partial charge in [-0.2, -0.15) is 0 Å². The Bertz CT molecular complexity index is 407. The Hall–Kier alpha value is -0.770. The van der Waals surface area contributed by atoms with Gasteiger partial charge >= 0.3 is 0 Å². The Balaban J connectivity index is 2.52. The van der Waals surface area contributed by atoms with Gasteiger partial charge in [0.25, 0.3) is 0 Å². The van der Waals surface area contributed by atoms with Gasteiger partial charge in [0, 0.05) is 5.56 Å². The lowest BCUT2D eigenvalue weighted by atomic mass is 10.2. The average molecular weight is 214 g/mol. The summed E-state index contributed by atoms with van der Waals surface area (Å²) in [6.45, 7) is 0.399. The lowest BCUT2D eigenvalue weighted by Crippen LogP contribution is -1.95. The zero-order chi connectivity index (χ0) is 9.26. The van der Waals surface area contributed by atoms with Crippen molar-refractivity contribution in [1.82, 2.24) is 0 Å². The van der Waals surface area contributed by atoms with E-state index in [4.69, 9.17) is 21.8 Å². The molecule has 0 saturated heterocycles. The Labute approximate surface area is 84.9 Å². The Morgan fingerprint density at radius 1 is 1.46 bits per heavy atom. The molecule has 4 heteroatoms. The highest BCUT2D eigenvalue weighted by Crippen LogP contribution is 2.35. The zero-order valence-electron chi connectivity index (χ0n) is 6.79. The van der Waals surface area contributed by atoms with Crippen LogP contribution in [-0.2, 0) is 6.54 Å². The molecule has 2 heterocycles. The first kappa shape index (κ1) is 8.81. The van der Waals surface area contributed by atoms with Crippen LogP contribution in [0.1, 0.15) is 5.76 Å². The molecule has 0 atom stereocenters. The fourth-order valence-electron chi connectivity index (χ4n) is 1.19. The summed E-state index contributed by atoms with van der Waals surface area (Å²) in [5.41, 5.74) is 6.52. The smallest absolute Gasteiger partial charge is 0.125 e. The van der Waals surface area contributed by atoms with Crippen molar-refractivity contribution in [3.05, 3.63) is 34.6 Å². The van der Waals surface area contributed by atoms with Crippen molar-refractivity contribution >= 4 is 22.9 Å². The number of halogens is 1. The van der Waals surface area contributed by atoms with Gasteiger partial charge in [0.1, 0.15) is 5.76 Å². The maximum atomic E-state index is 5.99. The number of rotatable bonds is 2. The molecule has 0 aliphatic heterocycles. The first-order valence-electron chi connectivity index (χ1n) is 3.82. The first-order chi connectivity index (χ1) is 6.33. The van der Waals surface area contributed by atoms with Crippen LogP contribution in [-0.4, -0.2) is 0 Å². The third kappa shape index (κ3) is 1.50. The molecule has 0 aromatic carbocycles. The average Bonchev–Trinajstić information content (AvgIpc) is 2.71. The molecule has 0 aliphatic carbocycles. The molecule has 68 valence electrons. The van der Waals surface area contributed by atoms with E-state index in [0.717, 1.165) is 21.2 Å². The molecule has 2 rings (SSSR count). The van der Waals surface area contributed by atoms with Crippen molar-refractivity contribution < 1.29 is 4.42 Å². The summed E-state index contributed by atoms with van der Waals surface area (Å²) < 4.78 is 5.22. The highest BCUT2D eigenvalue weighted by atomic mass is 35.5. The molecule has 0 saturated carbocycles. The Morgan fingerprint density at radius 2 is 2.31 bits per heavy atom. The van der Waals surface area contributed by atoms with E-state index in [-0.39, 0.29) is 0 Å². The van der Waals surface area contributed by atoms with E-state index in [1.165, 1.54) is 0 Å². The highest BCUT2D eigenvalue weighted by Gasteiger charge is 2.11. The van der Waals surface area contributed by atoms with Crippen molar-refractivity contribution in [2.45, 2.75) is 6.54 Å². The molecular formula is C9H8ClNOS. The fourth-order valence-corrected chi connectivity index (χ4v) is 2.39. The molecule has 2 aromatic rings. The third-order valence-corrected chi connectivity index (χ3v) is 3.17. The topological polar surface area (TPSA) is 39.2 Å². The summed E-state index contributed by atoms with van der Waals surface area (Å²) in [5, 5.41) is 2.70. The van der Waals surface area contributed by atoms with Gasteiger partial charge in [-0.3, -0.25) is 0 Å². The van der Waals surface area contributed by atoms with E-state index in [9.17, 15) is 0 Å². The zero-order valence-corrected chi connectivity index (χ0v) is 8.36. The van der Waals surface area contributed by atoms with Gasteiger partial charge in [-0.05, 0) is 17.5 Å². The van der Waals surface area contributed by atoms with Gasteiger partial charge < -0.3 is 10.2 Å². The van der Waals surface area contributed by atoms with Gasteiger partial charge in [-0.25, -0.2) is 0 Å². The molecule has 2 aromatic heterocycles. The summed E-state index contributed by atoms with van der Waals surface area (Å²) in [6, 6.07) is 3.76. The Morgan fingerprint density at radius 3 is 2.92 bits per heavy atom. The standard InChI is InChI=1S/C9H8ClNOS/c10-7-2-4-13-9(7)6-1-3-12-8(6)5-11/h1-4H,5,11H2. The second-order valence-corrected chi connectivity index (χ2v) is 3.88. The van der Waals surface area contributed by atoms with Crippen molar-refractivity contribution in [3.63, 3.8) is 0 Å². The van der Waals surface area contributed by atoms with Crippen molar-refractivity contribution in [2.24, 2.45) is 5.73 Å². The van der Waals surface area contributed by atoms with E-state index >= 15 is 0 Å². The van der Waals surface area contributed by atoms with Crippen LogP contribution in [0.2, 0.25) is 5.02 Å². The normalized spacial score (nSPS) is 10.6. The summed E-state index contributed by atoms with van der Waals surface area (Å²) in [7, 11) is 0. The Kier molecular flexibility index (Phi) is 2.40. The van der Waals surface area contributed by atoms with Crippen LogP contribution in [0.3, 0.4) is 0 Å².